The normalized spacial score (nSPS) is 22.7. The Morgan fingerprint density at radius 3 is 2.56 bits per heavy atom. The van der Waals surface area contributed by atoms with E-state index in [1.54, 1.807) is 16.7 Å². The van der Waals surface area contributed by atoms with Crippen LogP contribution in [0.2, 0.25) is 5.02 Å². The first-order valence-corrected chi connectivity index (χ1v) is 12.7. The van der Waals surface area contributed by atoms with Gasteiger partial charge in [0.25, 0.3) is 0 Å². The van der Waals surface area contributed by atoms with E-state index in [-0.39, 0.29) is 11.8 Å². The van der Waals surface area contributed by atoms with Crippen LogP contribution in [-0.4, -0.2) is 66.2 Å². The molecule has 5 rings (SSSR count). The zero-order valence-corrected chi connectivity index (χ0v) is 20.0. The summed E-state index contributed by atoms with van der Waals surface area (Å²) < 4.78 is 0. The number of piperidine rings is 1. The Balaban J connectivity index is 1.21. The average Bonchev–Trinajstić information content (AvgIpc) is 3.14. The van der Waals surface area contributed by atoms with E-state index in [0.717, 1.165) is 50.6 Å². The number of hydrogen-bond donors (Lipinski definition) is 1. The Labute approximate surface area is 199 Å². The van der Waals surface area contributed by atoms with Gasteiger partial charge in [-0.1, -0.05) is 35.5 Å². The lowest BCUT2D eigenvalue weighted by Gasteiger charge is -2.41. The lowest BCUT2D eigenvalue weighted by Crippen LogP contribution is -2.51. The quantitative estimate of drug-likeness (QED) is 0.688. The van der Waals surface area contributed by atoms with Crippen LogP contribution in [0.5, 0.6) is 0 Å². The number of anilines is 2. The number of hydrogen-bond acceptors (Lipinski definition) is 5. The molecule has 2 saturated heterocycles. The van der Waals surface area contributed by atoms with E-state index in [9.17, 15) is 9.90 Å². The molecule has 2 fully saturated rings. The Hall–Kier alpha value is -1.73. The summed E-state index contributed by atoms with van der Waals surface area (Å²) in [6.07, 6.45) is 3.16. The van der Waals surface area contributed by atoms with Crippen molar-refractivity contribution in [2.75, 3.05) is 44.7 Å². The molecule has 5 nitrogen and oxygen atoms in total. The van der Waals surface area contributed by atoms with Crippen LogP contribution in [0.15, 0.2) is 52.3 Å². The molecule has 1 amide bonds. The lowest BCUT2D eigenvalue weighted by molar-refractivity contribution is -0.141. The predicted molar refractivity (Wildman–Crippen MR) is 130 cm³/mol. The van der Waals surface area contributed by atoms with Gasteiger partial charge < -0.3 is 19.8 Å². The molecule has 1 atom stereocenters. The molecule has 1 unspecified atom stereocenters. The maximum absolute atomic E-state index is 12.4. The molecule has 2 aromatic rings. The zero-order chi connectivity index (χ0) is 22.3. The third-order valence-electron chi connectivity index (χ3n) is 7.24. The van der Waals surface area contributed by atoms with E-state index in [0.29, 0.717) is 12.8 Å². The van der Waals surface area contributed by atoms with Gasteiger partial charge in [0.05, 0.1) is 22.9 Å². The molecule has 3 heterocycles. The first kappa shape index (κ1) is 22.1. The van der Waals surface area contributed by atoms with Crippen molar-refractivity contribution < 1.29 is 9.90 Å². The number of para-hydroxylation sites is 1. The second kappa shape index (κ2) is 8.90. The van der Waals surface area contributed by atoms with Gasteiger partial charge in [-0.2, -0.15) is 0 Å². The van der Waals surface area contributed by atoms with Gasteiger partial charge >= 0.3 is 0 Å². The minimum atomic E-state index is -0.836. The third-order valence-corrected chi connectivity index (χ3v) is 8.61. The van der Waals surface area contributed by atoms with Crippen molar-refractivity contribution in [2.24, 2.45) is 5.92 Å². The molecular weight excluding hydrogens is 442 g/mol. The minimum Gasteiger partial charge on any atom is -0.389 e. The molecule has 0 saturated carbocycles. The fourth-order valence-electron chi connectivity index (χ4n) is 5.33. The number of carbonyl (C=O) groups is 1. The number of nitrogens with zero attached hydrogens (tertiary/aromatic N) is 3. The number of likely N-dealkylation sites (tertiary alicyclic amines) is 2. The van der Waals surface area contributed by atoms with Crippen molar-refractivity contribution in [2.45, 2.75) is 41.1 Å². The van der Waals surface area contributed by atoms with Crippen molar-refractivity contribution >= 4 is 40.6 Å². The molecule has 7 heteroatoms. The molecule has 0 spiro atoms. The van der Waals surface area contributed by atoms with E-state index in [1.807, 2.05) is 13.1 Å². The summed E-state index contributed by atoms with van der Waals surface area (Å²) in [4.78, 5) is 21.5. The Bertz CT molecular complexity index is 1010. The number of halogens is 1. The Kier molecular flexibility index (Phi) is 6.14. The number of amides is 1. The van der Waals surface area contributed by atoms with Gasteiger partial charge in [0.1, 0.15) is 0 Å². The molecule has 0 aliphatic carbocycles. The highest BCUT2D eigenvalue weighted by Crippen LogP contribution is 2.48. The number of benzene rings is 2. The molecular formula is C25H30ClN3O2S. The molecule has 0 bridgehead atoms. The summed E-state index contributed by atoms with van der Waals surface area (Å²) in [5.41, 5.74) is 1.58. The summed E-state index contributed by atoms with van der Waals surface area (Å²) in [6, 6.07) is 14.7. The highest BCUT2D eigenvalue weighted by molar-refractivity contribution is 7.99. The summed E-state index contributed by atoms with van der Waals surface area (Å²) >= 11 is 8.13. The smallest absolute Gasteiger partial charge is 0.228 e. The molecule has 1 N–H and O–H groups in total. The minimum absolute atomic E-state index is 0.111. The second-order valence-electron chi connectivity index (χ2n) is 9.23. The molecule has 170 valence electrons. The molecule has 0 aromatic heterocycles. The maximum Gasteiger partial charge on any atom is 0.228 e. The van der Waals surface area contributed by atoms with Gasteiger partial charge in [-0.05, 0) is 62.6 Å². The summed E-state index contributed by atoms with van der Waals surface area (Å²) in [6.45, 7) is 4.35. The molecule has 3 aliphatic rings. The number of rotatable bonds is 5. The Morgan fingerprint density at radius 2 is 1.81 bits per heavy atom. The summed E-state index contributed by atoms with van der Waals surface area (Å²) in [5.74, 6) is -0.113. The maximum atomic E-state index is 12.4. The number of fused-ring (bicyclic) bond motifs is 2. The lowest BCUT2D eigenvalue weighted by atomic mass is 9.78. The van der Waals surface area contributed by atoms with Gasteiger partial charge in [-0.3, -0.25) is 4.79 Å². The van der Waals surface area contributed by atoms with Crippen LogP contribution in [-0.2, 0) is 4.79 Å². The summed E-state index contributed by atoms with van der Waals surface area (Å²) in [5, 5.41) is 11.9. The average molecular weight is 472 g/mol. The standard InChI is InChI=1S/C25H30ClN3O2S/c1-27-14-9-19(24(27)30)25(31)10-15-28(16-11-25)12-4-13-29-20-5-2-3-6-22(20)32-23-8-7-18(26)17-21(23)29/h2-3,5-8,17,19,31H,4,9-16H2,1H3. The summed E-state index contributed by atoms with van der Waals surface area (Å²) in [7, 11) is 1.84. The van der Waals surface area contributed by atoms with Gasteiger partial charge in [0.2, 0.25) is 5.91 Å². The van der Waals surface area contributed by atoms with Gasteiger partial charge in [-0.15, -0.1) is 0 Å². The first-order chi connectivity index (χ1) is 15.4. The predicted octanol–water partition coefficient (Wildman–Crippen LogP) is 4.64. The van der Waals surface area contributed by atoms with Crippen LogP contribution in [0.1, 0.15) is 25.7 Å². The highest BCUT2D eigenvalue weighted by Gasteiger charge is 2.47. The Morgan fingerprint density at radius 1 is 1.06 bits per heavy atom. The fourth-order valence-corrected chi connectivity index (χ4v) is 6.57. The van der Waals surface area contributed by atoms with E-state index >= 15 is 0 Å². The molecule has 32 heavy (non-hydrogen) atoms. The van der Waals surface area contributed by atoms with Gasteiger partial charge in [0.15, 0.2) is 0 Å². The van der Waals surface area contributed by atoms with Crippen molar-refractivity contribution in [3.05, 3.63) is 47.5 Å². The van der Waals surface area contributed by atoms with Crippen molar-refractivity contribution in [3.63, 3.8) is 0 Å². The van der Waals surface area contributed by atoms with Gasteiger partial charge in [-0.25, -0.2) is 0 Å². The van der Waals surface area contributed by atoms with Crippen molar-refractivity contribution in [1.29, 1.82) is 0 Å². The van der Waals surface area contributed by atoms with Crippen molar-refractivity contribution in [1.82, 2.24) is 9.80 Å². The number of aliphatic hydroxyl groups is 1. The topological polar surface area (TPSA) is 47.0 Å². The van der Waals surface area contributed by atoms with Crippen LogP contribution < -0.4 is 4.90 Å². The van der Waals surface area contributed by atoms with Crippen LogP contribution in [0, 0.1) is 5.92 Å². The van der Waals surface area contributed by atoms with E-state index in [4.69, 9.17) is 11.6 Å². The van der Waals surface area contributed by atoms with E-state index < -0.39 is 5.60 Å². The van der Waals surface area contributed by atoms with E-state index in [2.05, 4.69) is 46.2 Å². The SMILES string of the molecule is CN1CCC(C2(O)CCN(CCCN3c4ccccc4Sc4ccc(Cl)cc43)CC2)C1=O. The van der Waals surface area contributed by atoms with Gasteiger partial charge in [0, 0.05) is 48.0 Å². The highest BCUT2D eigenvalue weighted by atomic mass is 35.5. The van der Waals surface area contributed by atoms with E-state index in [1.165, 1.54) is 21.2 Å². The first-order valence-electron chi connectivity index (χ1n) is 11.5. The third kappa shape index (κ3) is 4.14. The largest absolute Gasteiger partial charge is 0.389 e. The monoisotopic (exact) mass is 471 g/mol. The molecule has 0 radical (unpaired) electrons. The fraction of sp³-hybridized carbons (Fsp3) is 0.480. The van der Waals surface area contributed by atoms with Crippen LogP contribution in [0.25, 0.3) is 0 Å². The van der Waals surface area contributed by atoms with Crippen LogP contribution in [0.4, 0.5) is 11.4 Å². The van der Waals surface area contributed by atoms with Crippen LogP contribution in [0.3, 0.4) is 0 Å². The molecule has 2 aromatic carbocycles. The zero-order valence-electron chi connectivity index (χ0n) is 18.5. The van der Waals surface area contributed by atoms with Crippen LogP contribution >= 0.6 is 23.4 Å². The number of carbonyl (C=O) groups excluding carboxylic acids is 1. The second-order valence-corrected chi connectivity index (χ2v) is 10.8. The molecule has 3 aliphatic heterocycles. The van der Waals surface area contributed by atoms with Crippen molar-refractivity contribution in [3.8, 4) is 0 Å².